The Labute approximate surface area is 124 Å². The lowest BCUT2D eigenvalue weighted by Gasteiger charge is -2.33. The van der Waals surface area contributed by atoms with Crippen LogP contribution in [0, 0.1) is 11.8 Å². The van der Waals surface area contributed by atoms with Crippen molar-refractivity contribution >= 4 is 11.8 Å². The second-order valence-corrected chi connectivity index (χ2v) is 5.00. The van der Waals surface area contributed by atoms with E-state index in [1.807, 2.05) is 0 Å². The third kappa shape index (κ3) is 3.61. The largest absolute Gasteiger partial charge is 0.368 e. The minimum atomic E-state index is -0.497. The van der Waals surface area contributed by atoms with Gasteiger partial charge in [-0.25, -0.2) is 0 Å². The molecular weight excluding hydrogens is 266 g/mol. The molecule has 0 spiro atoms. The van der Waals surface area contributed by atoms with Gasteiger partial charge < -0.3 is 16.4 Å². The van der Waals surface area contributed by atoms with Crippen molar-refractivity contribution in [3.8, 4) is 11.8 Å². The number of nitrogens with zero attached hydrogens (tertiary/aromatic N) is 1. The molecule has 0 aliphatic carbocycles. The van der Waals surface area contributed by atoms with Crippen LogP contribution in [0.1, 0.15) is 35.2 Å². The van der Waals surface area contributed by atoms with Crippen LogP contribution in [-0.4, -0.2) is 35.8 Å². The zero-order valence-electron chi connectivity index (χ0n) is 11.8. The van der Waals surface area contributed by atoms with E-state index in [2.05, 4.69) is 11.8 Å². The summed E-state index contributed by atoms with van der Waals surface area (Å²) < 4.78 is 0. The van der Waals surface area contributed by atoms with Gasteiger partial charge in [-0.1, -0.05) is 11.8 Å². The summed E-state index contributed by atoms with van der Waals surface area (Å²) >= 11 is 0. The third-order valence-electron chi connectivity index (χ3n) is 3.56. The maximum Gasteiger partial charge on any atom is 0.254 e. The number of carbonyl (C=O) groups excluding carboxylic acids is 2. The molecule has 0 bridgehead atoms. The van der Waals surface area contributed by atoms with Crippen LogP contribution in [0.4, 0.5) is 0 Å². The molecule has 0 aromatic heterocycles. The number of carbonyl (C=O) groups is 2. The average Bonchev–Trinajstić information content (AvgIpc) is 2.52. The van der Waals surface area contributed by atoms with Gasteiger partial charge in [0.15, 0.2) is 0 Å². The number of benzene rings is 1. The van der Waals surface area contributed by atoms with E-state index in [9.17, 15) is 9.59 Å². The molecule has 1 heterocycles. The summed E-state index contributed by atoms with van der Waals surface area (Å²) in [6.07, 6.45) is 2.46. The average molecular weight is 285 g/mol. The van der Waals surface area contributed by atoms with Gasteiger partial charge in [-0.2, -0.15) is 0 Å². The Hall–Kier alpha value is -2.32. The molecule has 5 nitrogen and oxygen atoms in total. The van der Waals surface area contributed by atoms with Gasteiger partial charge in [0, 0.05) is 17.7 Å². The van der Waals surface area contributed by atoms with Crippen LogP contribution in [0.15, 0.2) is 24.3 Å². The fraction of sp³-hybridized carbons (Fsp3) is 0.375. The van der Waals surface area contributed by atoms with Crippen molar-refractivity contribution in [2.75, 3.05) is 13.1 Å². The fourth-order valence-electron chi connectivity index (χ4n) is 2.49. The number of piperidine rings is 1. The highest BCUT2D eigenvalue weighted by Gasteiger charge is 2.30. The lowest BCUT2D eigenvalue weighted by atomic mass is 10.00. The molecule has 4 N–H and O–H groups in total. The van der Waals surface area contributed by atoms with Crippen LogP contribution < -0.4 is 11.5 Å². The topological polar surface area (TPSA) is 89.4 Å². The third-order valence-corrected chi connectivity index (χ3v) is 3.56. The van der Waals surface area contributed by atoms with E-state index in [1.165, 1.54) is 0 Å². The molecule has 1 aromatic rings. The molecule has 1 fully saturated rings. The normalized spacial score (nSPS) is 17.8. The van der Waals surface area contributed by atoms with Crippen LogP contribution in [0.2, 0.25) is 0 Å². The van der Waals surface area contributed by atoms with Crippen molar-refractivity contribution in [3.05, 3.63) is 35.4 Å². The van der Waals surface area contributed by atoms with E-state index in [0.29, 0.717) is 25.1 Å². The first-order valence-corrected chi connectivity index (χ1v) is 7.03. The standard InChI is InChI=1S/C16H19N3O2/c17-10-3-4-12-6-8-13(9-7-12)16(21)19-11-2-1-5-14(19)15(18)20/h6-9,14H,1-2,5,10-11,17H2,(H2,18,20). The van der Waals surface area contributed by atoms with Gasteiger partial charge in [0.05, 0.1) is 6.54 Å². The Kier molecular flexibility index (Phi) is 4.96. The van der Waals surface area contributed by atoms with Crippen LogP contribution in [0.3, 0.4) is 0 Å². The monoisotopic (exact) mass is 285 g/mol. The van der Waals surface area contributed by atoms with E-state index in [0.717, 1.165) is 18.4 Å². The van der Waals surface area contributed by atoms with Crippen molar-refractivity contribution < 1.29 is 9.59 Å². The quantitative estimate of drug-likeness (QED) is 0.774. The van der Waals surface area contributed by atoms with Gasteiger partial charge in [0.25, 0.3) is 5.91 Å². The molecule has 1 atom stereocenters. The van der Waals surface area contributed by atoms with E-state index in [-0.39, 0.29) is 5.91 Å². The summed E-state index contributed by atoms with van der Waals surface area (Å²) in [6, 6.07) is 6.49. The first-order chi connectivity index (χ1) is 10.1. The number of hydrogen-bond acceptors (Lipinski definition) is 3. The molecule has 5 heteroatoms. The number of amides is 2. The van der Waals surface area contributed by atoms with Gasteiger partial charge in [-0.05, 0) is 43.5 Å². The molecule has 1 aliphatic heterocycles. The van der Waals surface area contributed by atoms with Gasteiger partial charge in [0.2, 0.25) is 5.91 Å². The Morgan fingerprint density at radius 2 is 1.95 bits per heavy atom. The summed E-state index contributed by atoms with van der Waals surface area (Å²) in [4.78, 5) is 25.5. The Morgan fingerprint density at radius 3 is 2.57 bits per heavy atom. The smallest absolute Gasteiger partial charge is 0.254 e. The van der Waals surface area contributed by atoms with Gasteiger partial charge in [0.1, 0.15) is 6.04 Å². The second-order valence-electron chi connectivity index (χ2n) is 5.00. The van der Waals surface area contributed by atoms with Crippen molar-refractivity contribution in [3.63, 3.8) is 0 Å². The SMILES string of the molecule is NCC#Cc1ccc(C(=O)N2CCCCC2C(N)=O)cc1. The molecule has 2 rings (SSSR count). The highest BCUT2D eigenvalue weighted by molar-refractivity contribution is 5.97. The summed E-state index contributed by atoms with van der Waals surface area (Å²) in [6.45, 7) is 0.871. The fourth-order valence-corrected chi connectivity index (χ4v) is 2.49. The maximum absolute atomic E-state index is 12.5. The number of primary amides is 1. The maximum atomic E-state index is 12.5. The molecule has 0 saturated carbocycles. The molecule has 1 aromatic carbocycles. The van der Waals surface area contributed by atoms with E-state index in [4.69, 9.17) is 11.5 Å². The summed E-state index contributed by atoms with van der Waals surface area (Å²) in [7, 11) is 0. The number of nitrogens with two attached hydrogens (primary N) is 2. The Bertz CT molecular complexity index is 584. The predicted molar refractivity (Wildman–Crippen MR) is 80.2 cm³/mol. The van der Waals surface area contributed by atoms with Gasteiger partial charge in [-0.15, -0.1) is 0 Å². The molecule has 1 saturated heterocycles. The molecule has 2 amide bonds. The molecule has 21 heavy (non-hydrogen) atoms. The van der Waals surface area contributed by atoms with Gasteiger partial charge in [-0.3, -0.25) is 9.59 Å². The van der Waals surface area contributed by atoms with Crippen molar-refractivity contribution in [1.82, 2.24) is 4.90 Å². The first kappa shape index (κ1) is 15.1. The highest BCUT2D eigenvalue weighted by atomic mass is 16.2. The van der Waals surface area contributed by atoms with Crippen LogP contribution >= 0.6 is 0 Å². The van der Waals surface area contributed by atoms with E-state index < -0.39 is 11.9 Å². The first-order valence-electron chi connectivity index (χ1n) is 7.03. The lowest BCUT2D eigenvalue weighted by molar-refractivity contribution is -0.123. The molecule has 110 valence electrons. The predicted octanol–water partition coefficient (Wildman–Crippen LogP) is 0.477. The summed E-state index contributed by atoms with van der Waals surface area (Å²) in [5.41, 5.74) is 12.1. The van der Waals surface area contributed by atoms with E-state index >= 15 is 0 Å². The Balaban J connectivity index is 2.16. The number of hydrogen-bond donors (Lipinski definition) is 2. The minimum Gasteiger partial charge on any atom is -0.368 e. The second kappa shape index (κ2) is 6.91. The van der Waals surface area contributed by atoms with Crippen LogP contribution in [-0.2, 0) is 4.79 Å². The number of rotatable bonds is 2. The molecule has 0 radical (unpaired) electrons. The van der Waals surface area contributed by atoms with Crippen LogP contribution in [0.25, 0.3) is 0 Å². The lowest BCUT2D eigenvalue weighted by Crippen LogP contribution is -2.50. The molecular formula is C16H19N3O2. The summed E-state index contributed by atoms with van der Waals surface area (Å²) in [5.74, 6) is 5.07. The highest BCUT2D eigenvalue weighted by Crippen LogP contribution is 2.19. The Morgan fingerprint density at radius 1 is 1.24 bits per heavy atom. The summed E-state index contributed by atoms with van der Waals surface area (Å²) in [5, 5.41) is 0. The number of likely N-dealkylation sites (tertiary alicyclic amines) is 1. The molecule has 1 unspecified atom stereocenters. The molecule has 1 aliphatic rings. The minimum absolute atomic E-state index is 0.156. The van der Waals surface area contributed by atoms with E-state index in [1.54, 1.807) is 29.2 Å². The van der Waals surface area contributed by atoms with Crippen molar-refractivity contribution in [1.29, 1.82) is 0 Å². The van der Waals surface area contributed by atoms with Gasteiger partial charge >= 0.3 is 0 Å². The zero-order valence-corrected chi connectivity index (χ0v) is 11.8. The van der Waals surface area contributed by atoms with Crippen molar-refractivity contribution in [2.24, 2.45) is 11.5 Å². The van der Waals surface area contributed by atoms with Crippen molar-refractivity contribution in [2.45, 2.75) is 25.3 Å². The zero-order chi connectivity index (χ0) is 15.2. The van der Waals surface area contributed by atoms with Crippen LogP contribution in [0.5, 0.6) is 0 Å².